The van der Waals surface area contributed by atoms with E-state index in [0.717, 1.165) is 83.5 Å². The highest BCUT2D eigenvalue weighted by molar-refractivity contribution is 7.45. The maximum atomic E-state index is 12.9. The number of hydrogen-bond donors (Lipinski definition) is 2. The molecule has 0 saturated heterocycles. The number of quaternary nitrogens is 1. The molecule has 0 aromatic heterocycles. The number of phosphoric ester groups is 1. The third-order valence-corrected chi connectivity index (χ3v) is 12.5. The summed E-state index contributed by atoms with van der Waals surface area (Å²) >= 11 is 0. The lowest BCUT2D eigenvalue weighted by atomic mass is 10.0. The van der Waals surface area contributed by atoms with Gasteiger partial charge in [-0.15, -0.1) is 0 Å². The molecule has 67 heavy (non-hydrogen) atoms. The highest BCUT2D eigenvalue weighted by Crippen LogP contribution is 2.38. The first-order chi connectivity index (χ1) is 32.5. The Labute approximate surface area is 413 Å². The molecule has 0 fully saturated rings. The molecule has 0 saturated carbocycles. The Bertz CT molecular complexity index is 1410. The molecule has 0 aromatic rings. The number of phosphoric acid groups is 1. The van der Waals surface area contributed by atoms with Crippen LogP contribution in [-0.4, -0.2) is 68.5 Å². The minimum Gasteiger partial charge on any atom is -0.756 e. The zero-order valence-corrected chi connectivity index (χ0v) is 44.7. The largest absolute Gasteiger partial charge is 0.756 e. The Morgan fingerprint density at radius 2 is 0.910 bits per heavy atom. The summed E-state index contributed by atoms with van der Waals surface area (Å²) in [7, 11) is 1.25. The van der Waals surface area contributed by atoms with Gasteiger partial charge in [-0.05, 0) is 77.0 Å². The van der Waals surface area contributed by atoms with Crippen LogP contribution in [0.3, 0.4) is 0 Å². The summed E-state index contributed by atoms with van der Waals surface area (Å²) in [6, 6.07) is -0.892. The second-order valence-corrected chi connectivity index (χ2v) is 20.6. The lowest BCUT2D eigenvalue weighted by Gasteiger charge is -2.29. The summed E-state index contributed by atoms with van der Waals surface area (Å²) in [4.78, 5) is 25.4. The number of unbranched alkanes of at least 4 members (excludes halogenated alkanes) is 21. The van der Waals surface area contributed by atoms with E-state index in [-0.39, 0.29) is 19.1 Å². The van der Waals surface area contributed by atoms with Gasteiger partial charge in [0.25, 0.3) is 7.82 Å². The van der Waals surface area contributed by atoms with Crippen molar-refractivity contribution < 1.29 is 32.9 Å². The highest BCUT2D eigenvalue weighted by Gasteiger charge is 2.23. The van der Waals surface area contributed by atoms with Crippen molar-refractivity contribution in [2.45, 2.75) is 225 Å². The Morgan fingerprint density at radius 3 is 1.33 bits per heavy atom. The first-order valence-corrected chi connectivity index (χ1v) is 28.6. The molecule has 386 valence electrons. The maximum absolute atomic E-state index is 12.9. The number of hydrogen-bond acceptors (Lipinski definition) is 6. The van der Waals surface area contributed by atoms with Crippen LogP contribution in [0, 0.1) is 0 Å². The standard InChI is InChI=1S/C58H103N2O6P/c1-6-8-10-12-14-16-18-20-21-22-23-24-25-26-27-28-29-30-31-32-33-34-35-36-37-38-39-40-42-44-46-48-50-52-58(62)59-56(55-66-67(63,64)65-54-53-60(3,4)5)57(61)51-49-47-45-43-41-19-17-15-13-11-9-7-2/h8,10,14,16,20-21,23-24,26-27,29-30,32-33,49,51,56-57,61H,6-7,9,11-13,15,17-19,22,25,28,31,34-48,50,52-55H2,1-5H3,(H-,59,62,63,64)/b10-8-,16-14-,21-20-,24-23-,27-26-,30-29-,33-32-,51-49+. The zero-order chi connectivity index (χ0) is 49.2. The first-order valence-electron chi connectivity index (χ1n) is 27.1. The molecule has 2 N–H and O–H groups in total. The summed E-state index contributed by atoms with van der Waals surface area (Å²) in [6.45, 7) is 4.51. The van der Waals surface area contributed by atoms with Gasteiger partial charge in [-0.1, -0.05) is 227 Å². The van der Waals surface area contributed by atoms with Crippen molar-refractivity contribution >= 4 is 13.7 Å². The monoisotopic (exact) mass is 955 g/mol. The fourth-order valence-electron chi connectivity index (χ4n) is 7.31. The van der Waals surface area contributed by atoms with Crippen molar-refractivity contribution in [3.05, 3.63) is 97.2 Å². The number of aliphatic hydroxyl groups is 1. The van der Waals surface area contributed by atoms with E-state index < -0.39 is 20.0 Å². The fraction of sp³-hybridized carbons (Fsp3) is 0.707. The lowest BCUT2D eigenvalue weighted by Crippen LogP contribution is -2.45. The van der Waals surface area contributed by atoms with Crippen LogP contribution in [-0.2, 0) is 18.4 Å². The van der Waals surface area contributed by atoms with Gasteiger partial charge in [0.15, 0.2) is 0 Å². The molecule has 1 amide bonds. The van der Waals surface area contributed by atoms with Crippen LogP contribution in [0.25, 0.3) is 0 Å². The minimum absolute atomic E-state index is 0.00559. The molecule has 8 nitrogen and oxygen atoms in total. The molecule has 0 aliphatic carbocycles. The van der Waals surface area contributed by atoms with Gasteiger partial charge in [0.1, 0.15) is 13.2 Å². The Kier molecular flexibility index (Phi) is 46.6. The van der Waals surface area contributed by atoms with E-state index in [0.29, 0.717) is 17.4 Å². The van der Waals surface area contributed by atoms with Crippen molar-refractivity contribution in [1.29, 1.82) is 0 Å². The van der Waals surface area contributed by atoms with Crippen molar-refractivity contribution in [1.82, 2.24) is 5.32 Å². The Morgan fingerprint density at radius 1 is 0.537 bits per heavy atom. The third kappa shape index (κ3) is 51.1. The summed E-state index contributed by atoms with van der Waals surface area (Å²) in [6.07, 6.45) is 69.0. The molecular formula is C58H103N2O6P. The molecular weight excluding hydrogens is 852 g/mol. The normalized spacial score (nSPS) is 14.8. The number of aliphatic hydroxyl groups excluding tert-OH is 1. The van der Waals surface area contributed by atoms with E-state index in [1.807, 2.05) is 27.2 Å². The van der Waals surface area contributed by atoms with Gasteiger partial charge in [0.05, 0.1) is 39.9 Å². The molecule has 0 aromatic carbocycles. The Hall–Kier alpha value is -2.58. The summed E-state index contributed by atoms with van der Waals surface area (Å²) < 4.78 is 23.3. The smallest absolute Gasteiger partial charge is 0.268 e. The van der Waals surface area contributed by atoms with Gasteiger partial charge in [0, 0.05) is 6.42 Å². The molecule has 0 bridgehead atoms. The molecule has 0 radical (unpaired) electrons. The maximum Gasteiger partial charge on any atom is 0.268 e. The average Bonchev–Trinajstić information content (AvgIpc) is 3.29. The number of carbonyl (C=O) groups is 1. The average molecular weight is 955 g/mol. The van der Waals surface area contributed by atoms with Gasteiger partial charge in [-0.2, -0.15) is 0 Å². The van der Waals surface area contributed by atoms with Crippen molar-refractivity contribution in [2.75, 3.05) is 40.9 Å². The Balaban J connectivity index is 4.13. The second-order valence-electron chi connectivity index (χ2n) is 19.2. The van der Waals surface area contributed by atoms with Gasteiger partial charge in [-0.3, -0.25) is 9.36 Å². The molecule has 3 unspecified atom stereocenters. The number of amides is 1. The van der Waals surface area contributed by atoms with E-state index in [1.54, 1.807) is 6.08 Å². The third-order valence-electron chi connectivity index (χ3n) is 11.5. The molecule has 0 aliphatic rings. The number of allylic oxidation sites excluding steroid dienone is 15. The van der Waals surface area contributed by atoms with Crippen LogP contribution in [0.15, 0.2) is 97.2 Å². The van der Waals surface area contributed by atoms with E-state index in [2.05, 4.69) is 104 Å². The summed E-state index contributed by atoms with van der Waals surface area (Å²) in [5.41, 5.74) is 0. The minimum atomic E-state index is -4.60. The number of likely N-dealkylation sites (N-methyl/N-ethyl adjacent to an activating group) is 1. The molecule has 9 heteroatoms. The van der Waals surface area contributed by atoms with Crippen molar-refractivity contribution in [2.24, 2.45) is 0 Å². The van der Waals surface area contributed by atoms with Gasteiger partial charge < -0.3 is 28.8 Å². The number of nitrogens with zero attached hydrogens (tertiary/aromatic N) is 1. The topological polar surface area (TPSA) is 108 Å². The first kappa shape index (κ1) is 64.4. The number of carbonyl (C=O) groups excluding carboxylic acids is 1. The number of nitrogens with one attached hydrogen (secondary N) is 1. The molecule has 0 heterocycles. The van der Waals surface area contributed by atoms with Crippen molar-refractivity contribution in [3.8, 4) is 0 Å². The molecule has 0 spiro atoms. The van der Waals surface area contributed by atoms with Gasteiger partial charge in [0.2, 0.25) is 5.91 Å². The van der Waals surface area contributed by atoms with Crippen LogP contribution in [0.5, 0.6) is 0 Å². The summed E-state index contributed by atoms with van der Waals surface area (Å²) in [5.74, 6) is -0.206. The predicted molar refractivity (Wildman–Crippen MR) is 288 cm³/mol. The summed E-state index contributed by atoms with van der Waals surface area (Å²) in [5, 5.41) is 13.8. The molecule has 0 rings (SSSR count). The highest BCUT2D eigenvalue weighted by atomic mass is 31.2. The van der Waals surface area contributed by atoms with E-state index in [9.17, 15) is 19.4 Å². The fourth-order valence-corrected chi connectivity index (χ4v) is 8.03. The van der Waals surface area contributed by atoms with Crippen LogP contribution < -0.4 is 10.2 Å². The van der Waals surface area contributed by atoms with Crippen LogP contribution >= 0.6 is 7.82 Å². The van der Waals surface area contributed by atoms with E-state index in [1.165, 1.54) is 109 Å². The van der Waals surface area contributed by atoms with E-state index >= 15 is 0 Å². The SMILES string of the molecule is CC/C=C\C/C=C\C/C=C\C/C=C\C/C=C\C/C=C\C/C=C\CCCCCCCCCCCCCC(=O)NC(COP(=O)([O-])OCC[N+](C)(C)C)C(O)/C=C/CCCCCCCCCCCC. The second kappa shape index (κ2) is 48.4. The molecule has 0 aliphatic heterocycles. The van der Waals surface area contributed by atoms with Gasteiger partial charge >= 0.3 is 0 Å². The van der Waals surface area contributed by atoms with Crippen LogP contribution in [0.2, 0.25) is 0 Å². The number of rotatable bonds is 48. The van der Waals surface area contributed by atoms with E-state index in [4.69, 9.17) is 9.05 Å². The predicted octanol–water partition coefficient (Wildman–Crippen LogP) is 15.6. The quantitative estimate of drug-likeness (QED) is 0.0272. The van der Waals surface area contributed by atoms with Crippen molar-refractivity contribution in [3.63, 3.8) is 0 Å². The van der Waals surface area contributed by atoms with Crippen LogP contribution in [0.1, 0.15) is 213 Å². The van der Waals surface area contributed by atoms with Crippen LogP contribution in [0.4, 0.5) is 0 Å². The molecule has 3 atom stereocenters. The lowest BCUT2D eigenvalue weighted by molar-refractivity contribution is -0.870. The zero-order valence-electron chi connectivity index (χ0n) is 43.8. The van der Waals surface area contributed by atoms with Gasteiger partial charge in [-0.25, -0.2) is 0 Å².